The number of fused-ring (bicyclic) bond motifs is 1. The first-order valence-electron chi connectivity index (χ1n) is 4.12. The zero-order chi connectivity index (χ0) is 8.72. The zero-order valence-electron chi connectivity index (χ0n) is 7.23. The molecule has 64 valence electrons. The molecule has 1 aromatic carbocycles. The molecule has 12 heavy (non-hydrogen) atoms. The number of hydrogen-bond donors (Lipinski definition) is 0. The van der Waals surface area contributed by atoms with Crippen molar-refractivity contribution in [3.63, 3.8) is 0 Å². The lowest BCUT2D eigenvalue weighted by Gasteiger charge is -2.04. The fourth-order valence-electron chi connectivity index (χ4n) is 1.64. The second-order valence-electron chi connectivity index (χ2n) is 3.37. The third-order valence-electron chi connectivity index (χ3n) is 2.09. The third-order valence-corrected chi connectivity index (χ3v) is 2.37. The largest absolute Gasteiger partial charge is 0.489 e. The van der Waals surface area contributed by atoms with Crippen LogP contribution in [0.3, 0.4) is 0 Å². The molecule has 1 aromatic rings. The van der Waals surface area contributed by atoms with E-state index in [1.165, 1.54) is 11.1 Å². The highest BCUT2D eigenvalue weighted by Crippen LogP contribution is 2.36. The molecule has 2 rings (SSSR count). The lowest BCUT2D eigenvalue weighted by Crippen LogP contribution is -2.05. The highest BCUT2D eigenvalue weighted by atomic mass is 35.5. The van der Waals surface area contributed by atoms with Crippen LogP contribution in [-0.2, 0) is 6.42 Å². The van der Waals surface area contributed by atoms with Gasteiger partial charge in [-0.05, 0) is 31.0 Å². The van der Waals surface area contributed by atoms with Crippen LogP contribution in [0, 0.1) is 6.92 Å². The number of halogens is 1. The minimum atomic E-state index is 0.277. The number of hydrogen-bond acceptors (Lipinski definition) is 1. The van der Waals surface area contributed by atoms with Crippen LogP contribution in [-0.4, -0.2) is 6.10 Å². The van der Waals surface area contributed by atoms with Crippen molar-refractivity contribution in [1.29, 1.82) is 0 Å². The molecule has 1 unspecified atom stereocenters. The van der Waals surface area contributed by atoms with Crippen LogP contribution in [0.15, 0.2) is 12.1 Å². The van der Waals surface area contributed by atoms with Gasteiger partial charge in [-0.25, -0.2) is 0 Å². The van der Waals surface area contributed by atoms with Crippen molar-refractivity contribution in [1.82, 2.24) is 0 Å². The van der Waals surface area contributed by atoms with Gasteiger partial charge in [0.2, 0.25) is 0 Å². The quantitative estimate of drug-likeness (QED) is 0.600. The predicted molar refractivity (Wildman–Crippen MR) is 50.0 cm³/mol. The van der Waals surface area contributed by atoms with Gasteiger partial charge in [-0.3, -0.25) is 0 Å². The summed E-state index contributed by atoms with van der Waals surface area (Å²) in [5.74, 6) is 0.884. The van der Waals surface area contributed by atoms with Gasteiger partial charge in [0.15, 0.2) is 0 Å². The van der Waals surface area contributed by atoms with E-state index in [0.717, 1.165) is 17.2 Å². The van der Waals surface area contributed by atoms with Crippen molar-refractivity contribution < 1.29 is 4.74 Å². The molecule has 0 aromatic heterocycles. The van der Waals surface area contributed by atoms with Gasteiger partial charge in [-0.15, -0.1) is 0 Å². The minimum Gasteiger partial charge on any atom is -0.489 e. The second-order valence-corrected chi connectivity index (χ2v) is 3.77. The SMILES string of the molecule is Cc1cc(Cl)c2c(c1)CC(C)O2. The summed E-state index contributed by atoms with van der Waals surface area (Å²) >= 11 is 6.02. The van der Waals surface area contributed by atoms with Gasteiger partial charge < -0.3 is 4.74 Å². The standard InChI is InChI=1S/C10H11ClO/c1-6-3-8-5-7(2)12-10(8)9(11)4-6/h3-4,7H,5H2,1-2H3. The molecular formula is C10H11ClO. The fourth-order valence-corrected chi connectivity index (χ4v) is 1.98. The molecular weight excluding hydrogens is 172 g/mol. The second kappa shape index (κ2) is 2.67. The van der Waals surface area contributed by atoms with Crippen molar-refractivity contribution in [2.75, 3.05) is 0 Å². The van der Waals surface area contributed by atoms with Crippen molar-refractivity contribution in [2.45, 2.75) is 26.4 Å². The number of ether oxygens (including phenoxy) is 1. The summed E-state index contributed by atoms with van der Waals surface area (Å²) in [4.78, 5) is 0. The molecule has 1 nitrogen and oxygen atoms in total. The summed E-state index contributed by atoms with van der Waals surface area (Å²) in [7, 11) is 0. The highest BCUT2D eigenvalue weighted by molar-refractivity contribution is 6.32. The van der Waals surface area contributed by atoms with E-state index in [9.17, 15) is 0 Å². The smallest absolute Gasteiger partial charge is 0.141 e. The molecule has 0 fully saturated rings. The van der Waals surface area contributed by atoms with Crippen LogP contribution in [0.5, 0.6) is 5.75 Å². The molecule has 1 aliphatic rings. The summed E-state index contributed by atoms with van der Waals surface area (Å²) in [6, 6.07) is 4.09. The van der Waals surface area contributed by atoms with E-state index in [2.05, 4.69) is 19.9 Å². The van der Waals surface area contributed by atoms with E-state index in [0.29, 0.717) is 0 Å². The van der Waals surface area contributed by atoms with Gasteiger partial charge in [-0.1, -0.05) is 17.7 Å². The van der Waals surface area contributed by atoms with E-state index >= 15 is 0 Å². The van der Waals surface area contributed by atoms with Gasteiger partial charge in [0.05, 0.1) is 5.02 Å². The Hall–Kier alpha value is -0.690. The minimum absolute atomic E-state index is 0.277. The monoisotopic (exact) mass is 182 g/mol. The van der Waals surface area contributed by atoms with E-state index in [-0.39, 0.29) is 6.10 Å². The van der Waals surface area contributed by atoms with Crippen LogP contribution in [0.4, 0.5) is 0 Å². The number of rotatable bonds is 0. The highest BCUT2D eigenvalue weighted by Gasteiger charge is 2.21. The molecule has 0 saturated heterocycles. The first kappa shape index (κ1) is 7.93. The van der Waals surface area contributed by atoms with Gasteiger partial charge >= 0.3 is 0 Å². The summed E-state index contributed by atoms with van der Waals surface area (Å²) in [6.07, 6.45) is 1.26. The molecule has 1 atom stereocenters. The van der Waals surface area contributed by atoms with Crippen LogP contribution >= 0.6 is 11.6 Å². The van der Waals surface area contributed by atoms with Crippen molar-refractivity contribution >= 4 is 11.6 Å². The maximum Gasteiger partial charge on any atom is 0.141 e. The lowest BCUT2D eigenvalue weighted by atomic mass is 10.1. The lowest BCUT2D eigenvalue weighted by molar-refractivity contribution is 0.255. The van der Waals surface area contributed by atoms with Crippen molar-refractivity contribution in [2.24, 2.45) is 0 Å². The molecule has 1 heterocycles. The molecule has 0 N–H and O–H groups in total. The third kappa shape index (κ3) is 1.18. The molecule has 1 aliphatic heterocycles. The Morgan fingerprint density at radius 1 is 1.50 bits per heavy atom. The number of aryl methyl sites for hydroxylation is 1. The normalized spacial score (nSPS) is 20.4. The molecule has 0 saturated carbocycles. The summed E-state index contributed by atoms with van der Waals surface area (Å²) in [5.41, 5.74) is 2.45. The molecule has 0 aliphatic carbocycles. The maximum atomic E-state index is 6.02. The van der Waals surface area contributed by atoms with Gasteiger partial charge in [0, 0.05) is 6.42 Å². The van der Waals surface area contributed by atoms with E-state index in [1.807, 2.05) is 6.07 Å². The Labute approximate surface area is 77.3 Å². The van der Waals surface area contributed by atoms with Crippen molar-refractivity contribution in [3.8, 4) is 5.75 Å². The topological polar surface area (TPSA) is 9.23 Å². The Kier molecular flexibility index (Phi) is 1.76. The van der Waals surface area contributed by atoms with E-state index in [1.54, 1.807) is 0 Å². The average molecular weight is 183 g/mol. The van der Waals surface area contributed by atoms with Crippen LogP contribution < -0.4 is 4.74 Å². The summed E-state index contributed by atoms with van der Waals surface area (Å²) in [5, 5.41) is 0.745. The Balaban J connectivity index is 2.52. The molecule has 0 bridgehead atoms. The van der Waals surface area contributed by atoms with Gasteiger partial charge in [-0.2, -0.15) is 0 Å². The van der Waals surface area contributed by atoms with Crippen LogP contribution in [0.25, 0.3) is 0 Å². The van der Waals surface area contributed by atoms with Crippen LogP contribution in [0.1, 0.15) is 18.1 Å². The van der Waals surface area contributed by atoms with E-state index < -0.39 is 0 Å². The molecule has 0 radical (unpaired) electrons. The fraction of sp³-hybridized carbons (Fsp3) is 0.400. The number of benzene rings is 1. The summed E-state index contributed by atoms with van der Waals surface area (Å²) < 4.78 is 5.56. The molecule has 0 amide bonds. The molecule has 0 spiro atoms. The Bertz CT molecular complexity index is 320. The first-order chi connectivity index (χ1) is 5.66. The van der Waals surface area contributed by atoms with Gasteiger partial charge in [0.1, 0.15) is 11.9 Å². The first-order valence-corrected chi connectivity index (χ1v) is 4.50. The Morgan fingerprint density at radius 2 is 2.25 bits per heavy atom. The average Bonchev–Trinajstić information content (AvgIpc) is 2.29. The van der Waals surface area contributed by atoms with Gasteiger partial charge in [0.25, 0.3) is 0 Å². The summed E-state index contributed by atoms with van der Waals surface area (Å²) in [6.45, 7) is 4.11. The predicted octanol–water partition coefficient (Wildman–Crippen LogP) is 2.97. The van der Waals surface area contributed by atoms with E-state index in [4.69, 9.17) is 16.3 Å². The Morgan fingerprint density at radius 3 is 3.00 bits per heavy atom. The molecule has 2 heteroatoms. The van der Waals surface area contributed by atoms with Crippen LogP contribution in [0.2, 0.25) is 5.02 Å². The zero-order valence-corrected chi connectivity index (χ0v) is 7.98. The maximum absolute atomic E-state index is 6.02. The van der Waals surface area contributed by atoms with Crippen molar-refractivity contribution in [3.05, 3.63) is 28.3 Å².